The lowest BCUT2D eigenvalue weighted by atomic mass is 9.86. The number of carbonyl (C=O) groups is 1. The molecule has 0 aliphatic carbocycles. The van der Waals surface area contributed by atoms with Gasteiger partial charge in [0, 0.05) is 32.3 Å². The van der Waals surface area contributed by atoms with Gasteiger partial charge in [-0.15, -0.1) is 11.6 Å². The summed E-state index contributed by atoms with van der Waals surface area (Å²) in [7, 11) is 1.68. The van der Waals surface area contributed by atoms with Gasteiger partial charge in [-0.25, -0.2) is 4.79 Å². The van der Waals surface area contributed by atoms with Crippen LogP contribution in [-0.4, -0.2) is 48.0 Å². The van der Waals surface area contributed by atoms with Gasteiger partial charge in [0.05, 0.1) is 16.6 Å². The lowest BCUT2D eigenvalue weighted by Gasteiger charge is -2.22. The van der Waals surface area contributed by atoms with E-state index in [0.717, 1.165) is 5.56 Å². The van der Waals surface area contributed by atoms with Crippen molar-refractivity contribution < 1.29 is 19.0 Å². The summed E-state index contributed by atoms with van der Waals surface area (Å²) in [5, 5.41) is 4.97. The molecule has 0 saturated heterocycles. The van der Waals surface area contributed by atoms with Crippen LogP contribution >= 0.6 is 23.2 Å². The largest absolute Gasteiger partial charge is 0.511 e. The Labute approximate surface area is 211 Å². The molecule has 1 unspecified atom stereocenters. The Bertz CT molecular complexity index is 1040. The maximum Gasteiger partial charge on any atom is 0.511 e. The highest BCUT2D eigenvalue weighted by molar-refractivity contribution is 6.33. The van der Waals surface area contributed by atoms with E-state index < -0.39 is 12.4 Å². The molecule has 2 aromatic rings. The topological polar surface area (TPSA) is 74.9 Å². The number of aromatic nitrogens is 2. The summed E-state index contributed by atoms with van der Waals surface area (Å²) in [4.78, 5) is 16.2. The first-order valence-corrected chi connectivity index (χ1v) is 12.0. The Hall–Kier alpha value is -2.51. The molecule has 0 aliphatic heterocycles. The van der Waals surface area contributed by atoms with Crippen molar-refractivity contribution in [2.24, 2.45) is 4.99 Å². The highest BCUT2D eigenvalue weighted by Gasteiger charge is 2.25. The number of halogens is 2. The molecular formula is C25H33Cl2N3O4. The smallest absolute Gasteiger partial charge is 0.452 e. The Morgan fingerprint density at radius 2 is 1.88 bits per heavy atom. The van der Waals surface area contributed by atoms with E-state index in [1.54, 1.807) is 24.9 Å². The van der Waals surface area contributed by atoms with Crippen molar-refractivity contribution in [1.29, 1.82) is 0 Å². The summed E-state index contributed by atoms with van der Waals surface area (Å²) in [6, 6.07) is 8.16. The lowest BCUT2D eigenvalue weighted by molar-refractivity contribution is -0.0658. The molecule has 0 bridgehead atoms. The molecule has 0 radical (unpaired) electrons. The van der Waals surface area contributed by atoms with Gasteiger partial charge < -0.3 is 14.2 Å². The first-order chi connectivity index (χ1) is 16.0. The highest BCUT2D eigenvalue weighted by Crippen LogP contribution is 2.35. The molecule has 1 atom stereocenters. The summed E-state index contributed by atoms with van der Waals surface area (Å²) in [6.45, 7) is 12.4. The average molecular weight is 510 g/mol. The summed E-state index contributed by atoms with van der Waals surface area (Å²) >= 11 is 12.2. The van der Waals surface area contributed by atoms with E-state index in [1.807, 2.05) is 26.0 Å². The van der Waals surface area contributed by atoms with Gasteiger partial charge in [0.2, 0.25) is 6.29 Å². The SMILES string of the molecule is CCn1nc(C)c(Cl)c1/C(OC(C)OC(=O)OCCCl)=C(\C=N/C)c1ccc(C(C)(C)C)cc1. The second-order valence-corrected chi connectivity index (χ2v) is 9.37. The number of nitrogens with zero attached hydrogens (tertiary/aromatic N) is 3. The number of hydrogen-bond donors (Lipinski definition) is 0. The number of rotatable bonds is 9. The molecule has 0 spiro atoms. The molecule has 0 amide bonds. The molecule has 34 heavy (non-hydrogen) atoms. The van der Waals surface area contributed by atoms with Crippen molar-refractivity contribution in [3.63, 3.8) is 0 Å². The van der Waals surface area contributed by atoms with E-state index in [1.165, 1.54) is 5.56 Å². The molecule has 9 heteroatoms. The molecule has 2 rings (SSSR count). The Morgan fingerprint density at radius 1 is 1.24 bits per heavy atom. The maximum atomic E-state index is 12.0. The van der Waals surface area contributed by atoms with E-state index in [0.29, 0.717) is 34.3 Å². The predicted octanol–water partition coefficient (Wildman–Crippen LogP) is 6.49. The lowest BCUT2D eigenvalue weighted by Crippen LogP contribution is -2.21. The zero-order chi connectivity index (χ0) is 25.5. The third kappa shape index (κ3) is 7.00. The van der Waals surface area contributed by atoms with Crippen LogP contribution in [0.25, 0.3) is 11.3 Å². The van der Waals surface area contributed by atoms with Gasteiger partial charge in [-0.1, -0.05) is 56.6 Å². The number of carbonyl (C=O) groups excluding carboxylic acids is 1. The van der Waals surface area contributed by atoms with Gasteiger partial charge in [0.1, 0.15) is 12.3 Å². The van der Waals surface area contributed by atoms with Crippen LogP contribution in [0, 0.1) is 6.92 Å². The summed E-state index contributed by atoms with van der Waals surface area (Å²) in [5.41, 5.74) is 3.96. The van der Waals surface area contributed by atoms with Crippen LogP contribution in [0.1, 0.15) is 57.1 Å². The fourth-order valence-corrected chi connectivity index (χ4v) is 3.58. The number of alkyl halides is 1. The van der Waals surface area contributed by atoms with Crippen molar-refractivity contribution in [3.05, 3.63) is 51.8 Å². The summed E-state index contributed by atoms with van der Waals surface area (Å²) in [6.07, 6.45) is -0.166. The molecule has 0 N–H and O–H groups in total. The molecule has 0 aliphatic rings. The monoisotopic (exact) mass is 509 g/mol. The molecule has 0 saturated carbocycles. The van der Waals surface area contributed by atoms with Crippen LogP contribution in [0.5, 0.6) is 0 Å². The molecule has 1 heterocycles. The molecule has 0 fully saturated rings. The average Bonchev–Trinajstić information content (AvgIpc) is 3.07. The second-order valence-electron chi connectivity index (χ2n) is 8.61. The van der Waals surface area contributed by atoms with E-state index in [4.69, 9.17) is 37.4 Å². The maximum absolute atomic E-state index is 12.0. The second kappa shape index (κ2) is 12.3. The van der Waals surface area contributed by atoms with Crippen LogP contribution in [0.4, 0.5) is 4.79 Å². The van der Waals surface area contributed by atoms with Gasteiger partial charge >= 0.3 is 6.16 Å². The zero-order valence-corrected chi connectivity index (χ0v) is 22.3. The third-order valence-electron chi connectivity index (χ3n) is 4.98. The van der Waals surface area contributed by atoms with Crippen LogP contribution in [0.15, 0.2) is 29.3 Å². The first kappa shape index (κ1) is 27.7. The molecule has 186 valence electrons. The van der Waals surface area contributed by atoms with Gasteiger partial charge in [-0.2, -0.15) is 5.10 Å². The van der Waals surface area contributed by atoms with Crippen LogP contribution in [0.3, 0.4) is 0 Å². The van der Waals surface area contributed by atoms with Crippen LogP contribution in [-0.2, 0) is 26.2 Å². The number of aryl methyl sites for hydroxylation is 2. The summed E-state index contributed by atoms with van der Waals surface area (Å²) < 4.78 is 18.1. The Morgan fingerprint density at radius 3 is 2.41 bits per heavy atom. The normalized spacial score (nSPS) is 13.6. The Balaban J connectivity index is 2.64. The summed E-state index contributed by atoms with van der Waals surface area (Å²) in [5.74, 6) is 0.557. The van der Waals surface area contributed by atoms with Gasteiger partial charge in [-0.05, 0) is 30.4 Å². The molecular weight excluding hydrogens is 477 g/mol. The number of ether oxygens (including phenoxy) is 3. The van der Waals surface area contributed by atoms with Crippen molar-refractivity contribution >= 4 is 46.9 Å². The highest BCUT2D eigenvalue weighted by atomic mass is 35.5. The minimum atomic E-state index is -0.983. The quantitative estimate of drug-likeness (QED) is 0.127. The zero-order valence-electron chi connectivity index (χ0n) is 20.8. The Kier molecular flexibility index (Phi) is 10.0. The van der Waals surface area contributed by atoms with E-state index in [2.05, 4.69) is 43.0 Å². The minimum absolute atomic E-state index is 0.00752. The molecule has 7 nitrogen and oxygen atoms in total. The van der Waals surface area contributed by atoms with Crippen molar-refractivity contribution in [3.8, 4) is 0 Å². The fraction of sp³-hybridized carbons (Fsp3) is 0.480. The van der Waals surface area contributed by atoms with Crippen molar-refractivity contribution in [1.82, 2.24) is 9.78 Å². The van der Waals surface area contributed by atoms with E-state index in [-0.39, 0.29) is 17.9 Å². The van der Waals surface area contributed by atoms with Crippen LogP contribution in [0.2, 0.25) is 5.02 Å². The number of benzene rings is 1. The number of hydrogen-bond acceptors (Lipinski definition) is 6. The molecule has 1 aromatic heterocycles. The minimum Gasteiger partial charge on any atom is -0.452 e. The van der Waals surface area contributed by atoms with Crippen molar-refractivity contribution in [2.75, 3.05) is 19.5 Å². The van der Waals surface area contributed by atoms with Gasteiger partial charge in [0.25, 0.3) is 0 Å². The third-order valence-corrected chi connectivity index (χ3v) is 5.58. The van der Waals surface area contributed by atoms with Crippen LogP contribution < -0.4 is 0 Å². The molecule has 1 aromatic carbocycles. The van der Waals surface area contributed by atoms with Crippen molar-refractivity contribution in [2.45, 2.75) is 59.8 Å². The predicted molar refractivity (Wildman–Crippen MR) is 138 cm³/mol. The number of allylic oxidation sites excluding steroid dienone is 1. The fourth-order valence-electron chi connectivity index (χ4n) is 3.28. The van der Waals surface area contributed by atoms with Gasteiger partial charge in [0.15, 0.2) is 5.76 Å². The first-order valence-electron chi connectivity index (χ1n) is 11.1. The van der Waals surface area contributed by atoms with E-state index >= 15 is 0 Å². The van der Waals surface area contributed by atoms with E-state index in [9.17, 15) is 4.79 Å². The standard InChI is InChI=1S/C25H33Cl2N3O4/c1-8-30-22(21(27)16(2)29-30)23(33-17(3)34-24(31)32-14-13-26)20(15-28-7)18-9-11-19(12-10-18)25(4,5)6/h9-12,15,17H,8,13-14H2,1-7H3/b23-20-,28-15-. The van der Waals surface area contributed by atoms with Gasteiger partial charge in [-0.3, -0.25) is 9.67 Å². The number of aliphatic imine (C=N–C) groups is 1.